The van der Waals surface area contributed by atoms with Gasteiger partial charge in [0.2, 0.25) is 0 Å². The third kappa shape index (κ3) is 5.41. The van der Waals surface area contributed by atoms with E-state index in [0.717, 1.165) is 50.5 Å². The number of hydrogen-bond acceptors (Lipinski definition) is 3. The third-order valence-electron chi connectivity index (χ3n) is 4.34. The molecule has 1 saturated heterocycles. The van der Waals surface area contributed by atoms with Crippen molar-refractivity contribution in [2.75, 3.05) is 45.2 Å². The van der Waals surface area contributed by atoms with E-state index >= 15 is 0 Å². The normalized spacial score (nSPS) is 17.3. The van der Waals surface area contributed by atoms with Gasteiger partial charge in [0.1, 0.15) is 5.75 Å². The Labute approximate surface area is 146 Å². The minimum Gasteiger partial charge on any atom is -0.491 e. The maximum Gasteiger partial charge on any atom is 0.321 e. The first kappa shape index (κ1) is 18.6. The average molecular weight is 333 g/mol. The molecule has 1 N–H and O–H groups in total. The van der Waals surface area contributed by atoms with Gasteiger partial charge >= 0.3 is 6.03 Å². The van der Waals surface area contributed by atoms with Crippen LogP contribution >= 0.6 is 0 Å². The molecule has 0 aliphatic carbocycles. The van der Waals surface area contributed by atoms with E-state index in [0.29, 0.717) is 12.5 Å². The molecule has 0 spiro atoms. The molecule has 1 fully saturated rings. The van der Waals surface area contributed by atoms with Crippen LogP contribution in [0.25, 0.3) is 0 Å². The molecule has 2 amide bonds. The van der Waals surface area contributed by atoms with Crippen LogP contribution in [0.2, 0.25) is 0 Å². The first-order valence-corrected chi connectivity index (χ1v) is 9.10. The number of carbonyl (C=O) groups excluding carboxylic acids is 1. The molecule has 1 atom stereocenters. The molecule has 1 unspecified atom stereocenters. The minimum atomic E-state index is -0.0248. The van der Waals surface area contributed by atoms with Crippen molar-refractivity contribution in [3.63, 3.8) is 0 Å². The van der Waals surface area contributed by atoms with Crippen LogP contribution in [0.5, 0.6) is 5.75 Å². The lowest BCUT2D eigenvalue weighted by Gasteiger charge is -2.21. The van der Waals surface area contributed by atoms with Crippen LogP contribution in [0.1, 0.15) is 33.1 Å². The highest BCUT2D eigenvalue weighted by Gasteiger charge is 2.27. The molecule has 5 heteroatoms. The molecule has 0 bridgehead atoms. The van der Waals surface area contributed by atoms with Crippen molar-refractivity contribution >= 4 is 11.7 Å². The van der Waals surface area contributed by atoms with Gasteiger partial charge in [-0.25, -0.2) is 4.79 Å². The molecule has 1 heterocycles. The Balaban J connectivity index is 1.87. The summed E-state index contributed by atoms with van der Waals surface area (Å²) in [5, 5.41) is 3.01. The first-order valence-electron chi connectivity index (χ1n) is 9.10. The highest BCUT2D eigenvalue weighted by molar-refractivity contribution is 5.91. The van der Waals surface area contributed by atoms with E-state index < -0.39 is 0 Å². The molecule has 24 heavy (non-hydrogen) atoms. The first-order chi connectivity index (χ1) is 11.6. The SMILES string of the molecule is CCCOc1ccccc1NC(=O)N1CCC(CN(C)CCC)C1. The van der Waals surface area contributed by atoms with E-state index in [9.17, 15) is 4.79 Å². The molecule has 1 aliphatic rings. The van der Waals surface area contributed by atoms with E-state index in [1.165, 1.54) is 6.42 Å². The summed E-state index contributed by atoms with van der Waals surface area (Å²) in [4.78, 5) is 16.8. The lowest BCUT2D eigenvalue weighted by atomic mass is 10.1. The summed E-state index contributed by atoms with van der Waals surface area (Å²) in [6.07, 6.45) is 3.19. The summed E-state index contributed by atoms with van der Waals surface area (Å²) in [6, 6.07) is 7.61. The van der Waals surface area contributed by atoms with Crippen molar-refractivity contribution in [2.24, 2.45) is 5.92 Å². The predicted octanol–water partition coefficient (Wildman–Crippen LogP) is 3.67. The van der Waals surface area contributed by atoms with Gasteiger partial charge in [-0.05, 0) is 50.9 Å². The number of hydrogen-bond donors (Lipinski definition) is 1. The summed E-state index contributed by atoms with van der Waals surface area (Å²) in [5.74, 6) is 1.31. The molecular weight excluding hydrogens is 302 g/mol. The standard InChI is InChI=1S/C19H31N3O2/c1-4-11-21(3)14-16-10-12-22(15-16)19(23)20-17-8-6-7-9-18(17)24-13-5-2/h6-9,16H,4-5,10-15H2,1-3H3,(H,20,23). The molecule has 5 nitrogen and oxygen atoms in total. The fraction of sp³-hybridized carbons (Fsp3) is 0.632. The molecule has 1 aromatic carbocycles. The van der Waals surface area contributed by atoms with Gasteiger partial charge in [0.15, 0.2) is 0 Å². The van der Waals surface area contributed by atoms with Crippen molar-refractivity contribution in [1.82, 2.24) is 9.80 Å². The van der Waals surface area contributed by atoms with E-state index in [1.54, 1.807) is 0 Å². The van der Waals surface area contributed by atoms with Crippen molar-refractivity contribution in [1.29, 1.82) is 0 Å². The topological polar surface area (TPSA) is 44.8 Å². The summed E-state index contributed by atoms with van der Waals surface area (Å²) >= 11 is 0. The quantitative estimate of drug-likeness (QED) is 0.789. The van der Waals surface area contributed by atoms with Gasteiger partial charge in [0.05, 0.1) is 12.3 Å². The van der Waals surface area contributed by atoms with Gasteiger partial charge in [0.25, 0.3) is 0 Å². The largest absolute Gasteiger partial charge is 0.491 e. The predicted molar refractivity (Wildman–Crippen MR) is 98.7 cm³/mol. The molecule has 2 rings (SSSR count). The Morgan fingerprint density at radius 1 is 1.33 bits per heavy atom. The van der Waals surface area contributed by atoms with Crippen LogP contribution in [0.3, 0.4) is 0 Å². The smallest absolute Gasteiger partial charge is 0.321 e. The second-order valence-corrected chi connectivity index (χ2v) is 6.64. The number of carbonyl (C=O) groups is 1. The molecule has 0 radical (unpaired) electrons. The van der Waals surface area contributed by atoms with Gasteiger partial charge < -0.3 is 19.9 Å². The highest BCUT2D eigenvalue weighted by atomic mass is 16.5. The summed E-state index contributed by atoms with van der Waals surface area (Å²) < 4.78 is 5.71. The lowest BCUT2D eigenvalue weighted by molar-refractivity contribution is 0.217. The number of nitrogens with zero attached hydrogens (tertiary/aromatic N) is 2. The number of likely N-dealkylation sites (tertiary alicyclic amines) is 1. The second-order valence-electron chi connectivity index (χ2n) is 6.64. The van der Waals surface area contributed by atoms with E-state index in [4.69, 9.17) is 4.74 Å². The zero-order valence-electron chi connectivity index (χ0n) is 15.3. The molecule has 0 aromatic heterocycles. The van der Waals surface area contributed by atoms with Crippen LogP contribution in [-0.2, 0) is 0 Å². The minimum absolute atomic E-state index is 0.0248. The van der Waals surface area contributed by atoms with Crippen LogP contribution in [-0.4, -0.2) is 55.7 Å². The number of anilines is 1. The number of benzene rings is 1. The molecule has 0 saturated carbocycles. The Morgan fingerprint density at radius 2 is 2.12 bits per heavy atom. The number of para-hydroxylation sites is 2. The molecule has 134 valence electrons. The Bertz CT molecular complexity index is 521. The van der Waals surface area contributed by atoms with Gasteiger partial charge in [-0.15, -0.1) is 0 Å². The van der Waals surface area contributed by atoms with Crippen molar-refractivity contribution < 1.29 is 9.53 Å². The summed E-state index contributed by atoms with van der Waals surface area (Å²) in [7, 11) is 2.16. The number of amides is 2. The summed E-state index contributed by atoms with van der Waals surface area (Å²) in [6.45, 7) is 8.76. The number of nitrogens with one attached hydrogen (secondary N) is 1. The van der Waals surface area contributed by atoms with Gasteiger partial charge in [-0.3, -0.25) is 0 Å². The van der Waals surface area contributed by atoms with Crippen molar-refractivity contribution in [3.05, 3.63) is 24.3 Å². The Morgan fingerprint density at radius 3 is 2.88 bits per heavy atom. The van der Waals surface area contributed by atoms with Gasteiger partial charge in [-0.2, -0.15) is 0 Å². The Kier molecular flexibility index (Phi) is 7.37. The maximum absolute atomic E-state index is 12.5. The second kappa shape index (κ2) is 9.52. The van der Waals surface area contributed by atoms with Crippen LogP contribution in [0, 0.1) is 5.92 Å². The fourth-order valence-corrected chi connectivity index (χ4v) is 3.18. The molecule has 1 aliphatic heterocycles. The highest BCUT2D eigenvalue weighted by Crippen LogP contribution is 2.25. The van der Waals surface area contributed by atoms with Gasteiger partial charge in [-0.1, -0.05) is 26.0 Å². The zero-order chi connectivity index (χ0) is 17.4. The average Bonchev–Trinajstić information content (AvgIpc) is 3.03. The zero-order valence-corrected chi connectivity index (χ0v) is 15.3. The fourth-order valence-electron chi connectivity index (χ4n) is 3.18. The number of urea groups is 1. The van der Waals surface area contributed by atoms with Crippen LogP contribution in [0.15, 0.2) is 24.3 Å². The Hall–Kier alpha value is -1.75. The van der Waals surface area contributed by atoms with Crippen molar-refractivity contribution in [3.8, 4) is 5.75 Å². The molecular formula is C19H31N3O2. The third-order valence-corrected chi connectivity index (χ3v) is 4.34. The molecule has 1 aromatic rings. The van der Waals surface area contributed by atoms with Crippen LogP contribution < -0.4 is 10.1 Å². The monoisotopic (exact) mass is 333 g/mol. The van der Waals surface area contributed by atoms with E-state index in [2.05, 4.69) is 31.1 Å². The van der Waals surface area contributed by atoms with E-state index in [-0.39, 0.29) is 6.03 Å². The number of rotatable bonds is 8. The van der Waals surface area contributed by atoms with E-state index in [1.807, 2.05) is 29.2 Å². The lowest BCUT2D eigenvalue weighted by Crippen LogP contribution is -2.34. The van der Waals surface area contributed by atoms with Gasteiger partial charge in [0, 0.05) is 19.6 Å². The summed E-state index contributed by atoms with van der Waals surface area (Å²) in [5.41, 5.74) is 0.752. The number of ether oxygens (including phenoxy) is 1. The van der Waals surface area contributed by atoms with Crippen LogP contribution in [0.4, 0.5) is 10.5 Å². The van der Waals surface area contributed by atoms with Crippen molar-refractivity contribution in [2.45, 2.75) is 33.1 Å². The maximum atomic E-state index is 12.5.